The molecule has 106 valence electrons. The lowest BCUT2D eigenvalue weighted by Crippen LogP contribution is -2.21. The molecule has 0 unspecified atom stereocenters. The first kappa shape index (κ1) is 13.9. The quantitative estimate of drug-likeness (QED) is 0.708. The van der Waals surface area contributed by atoms with Gasteiger partial charge in [0.2, 0.25) is 0 Å². The van der Waals surface area contributed by atoms with Crippen LogP contribution in [0.1, 0.15) is 10.4 Å². The van der Waals surface area contributed by atoms with E-state index in [1.165, 1.54) is 10.4 Å². The van der Waals surface area contributed by atoms with Crippen molar-refractivity contribution < 1.29 is 0 Å². The topological polar surface area (TPSA) is 40.8 Å². The molecule has 0 bridgehead atoms. The Bertz CT molecular complexity index is 750. The summed E-state index contributed by atoms with van der Waals surface area (Å²) >= 11 is 1.81. The minimum Gasteiger partial charge on any atom is -0.346 e. The van der Waals surface area contributed by atoms with Gasteiger partial charge < -0.3 is 9.88 Å². The molecule has 1 aromatic carbocycles. The molecule has 0 spiro atoms. The maximum atomic E-state index is 8.92. The van der Waals surface area contributed by atoms with E-state index in [1.54, 1.807) is 0 Å². The zero-order valence-corrected chi connectivity index (χ0v) is 12.6. The molecule has 4 heteroatoms. The zero-order valence-electron chi connectivity index (χ0n) is 11.7. The number of nitrogens with one attached hydrogen (secondary N) is 1. The van der Waals surface area contributed by atoms with Gasteiger partial charge in [-0.1, -0.05) is 6.07 Å². The number of nitrogens with zero attached hydrogens (tertiary/aromatic N) is 2. The Morgan fingerprint density at radius 3 is 2.95 bits per heavy atom. The Morgan fingerprint density at radius 2 is 2.14 bits per heavy atom. The van der Waals surface area contributed by atoms with Gasteiger partial charge in [-0.15, -0.1) is 11.3 Å². The molecule has 0 saturated heterocycles. The molecule has 3 nitrogen and oxygen atoms in total. The smallest absolute Gasteiger partial charge is 0.0991 e. The number of thiophene rings is 1. The van der Waals surface area contributed by atoms with Gasteiger partial charge in [0.25, 0.3) is 0 Å². The average Bonchev–Trinajstić information content (AvgIpc) is 3.16. The van der Waals surface area contributed by atoms with Gasteiger partial charge in [-0.3, -0.25) is 0 Å². The third kappa shape index (κ3) is 3.33. The molecule has 0 aliphatic heterocycles. The van der Waals surface area contributed by atoms with Gasteiger partial charge in [0, 0.05) is 41.6 Å². The monoisotopic (exact) mass is 295 g/mol. The Hall–Kier alpha value is -2.09. The molecule has 3 aromatic rings. The van der Waals surface area contributed by atoms with Crippen molar-refractivity contribution in [1.29, 1.82) is 5.26 Å². The molecule has 0 radical (unpaired) electrons. The number of hydrogen-bond donors (Lipinski definition) is 1. The summed E-state index contributed by atoms with van der Waals surface area (Å²) in [7, 11) is 0. The Labute approximate surface area is 128 Å². The number of fused-ring (bicyclic) bond motifs is 1. The maximum absolute atomic E-state index is 8.92. The third-order valence-corrected chi connectivity index (χ3v) is 4.49. The van der Waals surface area contributed by atoms with E-state index in [0.717, 1.165) is 31.4 Å². The van der Waals surface area contributed by atoms with Gasteiger partial charge >= 0.3 is 0 Å². The highest BCUT2D eigenvalue weighted by molar-refractivity contribution is 7.09. The van der Waals surface area contributed by atoms with E-state index in [1.807, 2.05) is 29.5 Å². The normalized spacial score (nSPS) is 10.8. The third-order valence-electron chi connectivity index (χ3n) is 3.56. The van der Waals surface area contributed by atoms with Crippen molar-refractivity contribution in [2.75, 3.05) is 13.1 Å². The number of aromatic nitrogens is 1. The highest BCUT2D eigenvalue weighted by Crippen LogP contribution is 2.17. The van der Waals surface area contributed by atoms with Gasteiger partial charge in [-0.05, 0) is 42.1 Å². The molecule has 0 aliphatic carbocycles. The molecular formula is C17H17N3S. The van der Waals surface area contributed by atoms with Crippen LogP contribution in [-0.4, -0.2) is 17.7 Å². The average molecular weight is 295 g/mol. The highest BCUT2D eigenvalue weighted by atomic mass is 32.1. The molecule has 2 heterocycles. The number of hydrogen-bond acceptors (Lipinski definition) is 3. The van der Waals surface area contributed by atoms with Gasteiger partial charge in [-0.25, -0.2) is 0 Å². The van der Waals surface area contributed by atoms with E-state index in [9.17, 15) is 0 Å². The van der Waals surface area contributed by atoms with E-state index in [-0.39, 0.29) is 0 Å². The first-order valence-corrected chi connectivity index (χ1v) is 7.97. The van der Waals surface area contributed by atoms with E-state index in [0.29, 0.717) is 5.56 Å². The molecule has 1 N–H and O–H groups in total. The van der Waals surface area contributed by atoms with Crippen molar-refractivity contribution in [1.82, 2.24) is 9.88 Å². The van der Waals surface area contributed by atoms with Crippen molar-refractivity contribution in [3.8, 4) is 6.07 Å². The second kappa shape index (κ2) is 6.57. The molecule has 0 amide bonds. The molecule has 0 aliphatic rings. The minimum absolute atomic E-state index is 0.717. The van der Waals surface area contributed by atoms with Crippen molar-refractivity contribution in [3.63, 3.8) is 0 Å². The predicted octanol–water partition coefficient (Wildman–Crippen LogP) is 3.41. The molecule has 0 fully saturated rings. The summed E-state index contributed by atoms with van der Waals surface area (Å²) in [4.78, 5) is 1.43. The van der Waals surface area contributed by atoms with Gasteiger partial charge in [-0.2, -0.15) is 5.26 Å². The molecule has 2 aromatic heterocycles. The first-order chi connectivity index (χ1) is 10.4. The van der Waals surface area contributed by atoms with Crippen molar-refractivity contribution in [3.05, 3.63) is 58.4 Å². The zero-order chi connectivity index (χ0) is 14.5. The fourth-order valence-corrected chi connectivity index (χ4v) is 3.16. The standard InChI is InChI=1S/C17H17N3S/c18-13-14-3-4-17-15(12-14)6-9-20(17)10-8-19-7-5-16-2-1-11-21-16/h1-4,6,9,11-12,19H,5,7-8,10H2. The first-order valence-electron chi connectivity index (χ1n) is 7.09. The fourth-order valence-electron chi connectivity index (χ4n) is 2.46. The summed E-state index contributed by atoms with van der Waals surface area (Å²) in [6.45, 7) is 2.91. The van der Waals surface area contributed by atoms with Crippen molar-refractivity contribution >= 4 is 22.2 Å². The van der Waals surface area contributed by atoms with Crippen LogP contribution >= 0.6 is 11.3 Å². The van der Waals surface area contributed by atoms with E-state index >= 15 is 0 Å². The lowest BCUT2D eigenvalue weighted by Gasteiger charge is -2.07. The van der Waals surface area contributed by atoms with Gasteiger partial charge in [0.05, 0.1) is 11.6 Å². The summed E-state index contributed by atoms with van der Waals surface area (Å²) in [6, 6.07) is 14.4. The molecule has 0 saturated carbocycles. The van der Waals surface area contributed by atoms with Crippen LogP contribution in [-0.2, 0) is 13.0 Å². The van der Waals surface area contributed by atoms with Crippen LogP contribution in [0.2, 0.25) is 0 Å². The Balaban J connectivity index is 1.52. The summed E-state index contributed by atoms with van der Waals surface area (Å²) < 4.78 is 2.23. The number of rotatable bonds is 6. The van der Waals surface area contributed by atoms with Crippen LogP contribution in [0.3, 0.4) is 0 Å². The summed E-state index contributed by atoms with van der Waals surface area (Å²) in [5.41, 5.74) is 1.91. The second-order valence-corrected chi connectivity index (χ2v) is 6.01. The van der Waals surface area contributed by atoms with Gasteiger partial charge in [0.1, 0.15) is 0 Å². The number of benzene rings is 1. The summed E-state index contributed by atoms with van der Waals surface area (Å²) in [6.07, 6.45) is 3.18. The summed E-state index contributed by atoms with van der Waals surface area (Å²) in [5.74, 6) is 0. The van der Waals surface area contributed by atoms with E-state index in [2.05, 4.69) is 45.7 Å². The predicted molar refractivity (Wildman–Crippen MR) is 87.5 cm³/mol. The number of nitriles is 1. The molecular weight excluding hydrogens is 278 g/mol. The minimum atomic E-state index is 0.717. The maximum Gasteiger partial charge on any atom is 0.0991 e. The van der Waals surface area contributed by atoms with Crippen LogP contribution in [0.25, 0.3) is 10.9 Å². The van der Waals surface area contributed by atoms with E-state index in [4.69, 9.17) is 5.26 Å². The van der Waals surface area contributed by atoms with Crippen LogP contribution < -0.4 is 5.32 Å². The molecule has 3 rings (SSSR count). The fraction of sp³-hybridized carbons (Fsp3) is 0.235. The lowest BCUT2D eigenvalue weighted by molar-refractivity contribution is 0.611. The van der Waals surface area contributed by atoms with Crippen LogP contribution in [0, 0.1) is 11.3 Å². The van der Waals surface area contributed by atoms with Crippen molar-refractivity contribution in [2.45, 2.75) is 13.0 Å². The van der Waals surface area contributed by atoms with E-state index < -0.39 is 0 Å². The Kier molecular flexibility index (Phi) is 4.34. The SMILES string of the molecule is N#Cc1ccc2c(ccn2CCNCCc2cccs2)c1. The molecule has 21 heavy (non-hydrogen) atoms. The Morgan fingerprint density at radius 1 is 1.19 bits per heavy atom. The second-order valence-electron chi connectivity index (χ2n) is 4.97. The summed E-state index contributed by atoms with van der Waals surface area (Å²) in [5, 5.41) is 15.7. The van der Waals surface area contributed by atoms with Crippen LogP contribution in [0.5, 0.6) is 0 Å². The van der Waals surface area contributed by atoms with Crippen LogP contribution in [0.15, 0.2) is 48.0 Å². The van der Waals surface area contributed by atoms with Gasteiger partial charge in [0.15, 0.2) is 0 Å². The largest absolute Gasteiger partial charge is 0.346 e. The molecule has 0 atom stereocenters. The highest BCUT2D eigenvalue weighted by Gasteiger charge is 2.02. The van der Waals surface area contributed by atoms with Crippen molar-refractivity contribution in [2.24, 2.45) is 0 Å². The van der Waals surface area contributed by atoms with Crippen LogP contribution in [0.4, 0.5) is 0 Å². The lowest BCUT2D eigenvalue weighted by atomic mass is 10.2.